The number of carbonyl (C=O) groups excluding carboxylic acids is 2. The number of hydrogen-bond acceptors (Lipinski definition) is 2. The predicted molar refractivity (Wildman–Crippen MR) is 45.8 cm³/mol. The van der Waals surface area contributed by atoms with Gasteiger partial charge in [0.25, 0.3) is 0 Å². The zero-order chi connectivity index (χ0) is 8.97. The predicted octanol–water partition coefficient (Wildman–Crippen LogP) is 1.66. The van der Waals surface area contributed by atoms with Gasteiger partial charge in [0.15, 0.2) is 0 Å². The van der Waals surface area contributed by atoms with Gasteiger partial charge < -0.3 is 9.59 Å². The van der Waals surface area contributed by atoms with Crippen LogP contribution in [-0.2, 0) is 25.2 Å². The van der Waals surface area contributed by atoms with Gasteiger partial charge in [-0.3, -0.25) is 0 Å². The van der Waals surface area contributed by atoms with Crippen molar-refractivity contribution in [1.82, 2.24) is 0 Å². The Labute approximate surface area is 91.0 Å². The summed E-state index contributed by atoms with van der Waals surface area (Å²) in [5.74, 6) is -0.452. The number of hydrogen-bond donors (Lipinski definition) is 0. The van der Waals surface area contributed by atoms with Crippen molar-refractivity contribution >= 4 is 11.6 Å². The molecule has 0 bridgehead atoms. The Kier molecular flexibility index (Phi) is 5.29. The molecule has 0 saturated carbocycles. The Morgan fingerprint density at radius 3 is 2.15 bits per heavy atom. The molecule has 0 saturated heterocycles. The molecule has 72 valence electrons. The quantitative estimate of drug-likeness (QED) is 0.361. The van der Waals surface area contributed by atoms with Gasteiger partial charge in [0.1, 0.15) is 0 Å². The minimum Gasteiger partial charge on any atom is -0.331 e. The molecule has 1 aromatic rings. The normalized spacial score (nSPS) is 8.38. The second-order valence-corrected chi connectivity index (χ2v) is 2.49. The molecule has 0 unspecified atom stereocenters. The molecular weight excluding hydrogens is 259 g/mol. The fourth-order valence-corrected chi connectivity index (χ4v) is 0.870. The van der Waals surface area contributed by atoms with Crippen LogP contribution in [0.4, 0.5) is 0 Å². The van der Waals surface area contributed by atoms with E-state index < -0.39 is 0 Å². The number of Topliss-reactive ketones (excluding diaryl/α,β-unsaturated/α-hetero) is 2. The first-order chi connectivity index (χ1) is 5.70. The van der Waals surface area contributed by atoms with E-state index in [0.717, 1.165) is 6.42 Å². The van der Waals surface area contributed by atoms with Crippen LogP contribution < -0.4 is 0 Å². The van der Waals surface area contributed by atoms with Gasteiger partial charge in [-0.25, -0.2) is 0 Å². The number of carbonyl (C=O) groups is 2. The van der Waals surface area contributed by atoms with Crippen molar-refractivity contribution in [3.63, 3.8) is 0 Å². The Hall–Kier alpha value is -0.908. The maximum absolute atomic E-state index is 11.2. The Balaban J connectivity index is 0.00000144. The van der Waals surface area contributed by atoms with Crippen molar-refractivity contribution < 1.29 is 30.0 Å². The fourth-order valence-electron chi connectivity index (χ4n) is 0.870. The molecule has 0 aliphatic heterocycles. The van der Waals surface area contributed by atoms with E-state index >= 15 is 0 Å². The van der Waals surface area contributed by atoms with Crippen molar-refractivity contribution in [1.29, 1.82) is 0 Å². The molecular formula is C10H9O2Pd-. The standard InChI is InChI=1S/C10H9O2.Pd/c1-8(11)7-10(12)9-5-3-2-4-6-9;/h2-7H,1H3;/q-1;. The second kappa shape index (κ2) is 5.69. The first-order valence-corrected chi connectivity index (χ1v) is 3.65. The average Bonchev–Trinajstić information content (AvgIpc) is 2.05. The van der Waals surface area contributed by atoms with Crippen LogP contribution in [0.25, 0.3) is 0 Å². The largest absolute Gasteiger partial charge is 0.331 e. The molecule has 1 rings (SSSR count). The molecule has 0 aliphatic rings. The summed E-state index contributed by atoms with van der Waals surface area (Å²) in [6.45, 7) is 1.36. The Morgan fingerprint density at radius 2 is 1.69 bits per heavy atom. The molecule has 0 aromatic heterocycles. The molecule has 1 aromatic carbocycles. The summed E-state index contributed by atoms with van der Waals surface area (Å²) < 4.78 is 0. The van der Waals surface area contributed by atoms with E-state index in [4.69, 9.17) is 0 Å². The number of benzene rings is 1. The van der Waals surface area contributed by atoms with E-state index in [-0.39, 0.29) is 32.0 Å². The minimum absolute atomic E-state index is 0. The van der Waals surface area contributed by atoms with E-state index in [1.54, 1.807) is 24.3 Å². The van der Waals surface area contributed by atoms with Crippen LogP contribution in [0.1, 0.15) is 17.3 Å². The SMILES string of the molecule is CC(=O)[CH-]C(=O)c1ccccc1.[Pd]. The van der Waals surface area contributed by atoms with Gasteiger partial charge in [-0.1, -0.05) is 18.2 Å². The molecule has 0 N–H and O–H groups in total. The summed E-state index contributed by atoms with van der Waals surface area (Å²) in [6.07, 6.45) is 1.09. The summed E-state index contributed by atoms with van der Waals surface area (Å²) in [4.78, 5) is 21.7. The number of ketones is 2. The summed E-state index contributed by atoms with van der Waals surface area (Å²) in [6, 6.07) is 8.72. The zero-order valence-electron chi connectivity index (χ0n) is 7.10. The van der Waals surface area contributed by atoms with Crippen LogP contribution in [0.3, 0.4) is 0 Å². The summed E-state index contributed by atoms with van der Waals surface area (Å²) in [5, 5.41) is 0. The van der Waals surface area contributed by atoms with Gasteiger partial charge in [-0.05, 0) is 6.92 Å². The maximum atomic E-state index is 11.2. The van der Waals surface area contributed by atoms with Gasteiger partial charge in [0, 0.05) is 26.2 Å². The Bertz CT molecular complexity index is 293. The molecule has 0 amide bonds. The third kappa shape index (κ3) is 4.03. The van der Waals surface area contributed by atoms with Crippen LogP contribution in [0.15, 0.2) is 30.3 Å². The average molecular weight is 268 g/mol. The minimum atomic E-state index is -0.233. The maximum Gasteiger partial charge on any atom is 0.0768 e. The first-order valence-electron chi connectivity index (χ1n) is 3.65. The van der Waals surface area contributed by atoms with E-state index in [1.165, 1.54) is 6.92 Å². The molecule has 0 heterocycles. The van der Waals surface area contributed by atoms with E-state index in [1.807, 2.05) is 6.07 Å². The van der Waals surface area contributed by atoms with Gasteiger partial charge in [-0.2, -0.15) is 0 Å². The van der Waals surface area contributed by atoms with E-state index in [2.05, 4.69) is 0 Å². The van der Waals surface area contributed by atoms with Crippen molar-refractivity contribution in [2.24, 2.45) is 0 Å². The first kappa shape index (κ1) is 12.1. The number of rotatable bonds is 3. The monoisotopic (exact) mass is 267 g/mol. The summed E-state index contributed by atoms with van der Waals surface area (Å²) in [5.41, 5.74) is 0.549. The molecule has 2 nitrogen and oxygen atoms in total. The van der Waals surface area contributed by atoms with E-state index in [0.29, 0.717) is 5.56 Å². The third-order valence-electron chi connectivity index (χ3n) is 1.39. The Morgan fingerprint density at radius 1 is 1.15 bits per heavy atom. The third-order valence-corrected chi connectivity index (χ3v) is 1.39. The van der Waals surface area contributed by atoms with Crippen LogP contribution in [0.2, 0.25) is 0 Å². The van der Waals surface area contributed by atoms with E-state index in [9.17, 15) is 9.59 Å². The molecule has 3 heteroatoms. The smallest absolute Gasteiger partial charge is 0.0768 e. The second-order valence-electron chi connectivity index (χ2n) is 2.49. The summed E-state index contributed by atoms with van der Waals surface area (Å²) >= 11 is 0. The van der Waals surface area contributed by atoms with Gasteiger partial charge in [0.05, 0.1) is 5.78 Å². The fraction of sp³-hybridized carbons (Fsp3) is 0.100. The van der Waals surface area contributed by atoms with Gasteiger partial charge in [-0.15, -0.1) is 24.1 Å². The van der Waals surface area contributed by atoms with Gasteiger partial charge >= 0.3 is 0 Å². The molecule has 0 fully saturated rings. The molecule has 0 spiro atoms. The van der Waals surface area contributed by atoms with Crippen LogP contribution in [0, 0.1) is 6.42 Å². The van der Waals surface area contributed by atoms with Crippen molar-refractivity contribution in [3.8, 4) is 0 Å². The summed E-state index contributed by atoms with van der Waals surface area (Å²) in [7, 11) is 0. The van der Waals surface area contributed by atoms with Gasteiger partial charge in [0.2, 0.25) is 0 Å². The van der Waals surface area contributed by atoms with Crippen LogP contribution in [0.5, 0.6) is 0 Å². The van der Waals surface area contributed by atoms with Crippen LogP contribution >= 0.6 is 0 Å². The molecule has 0 radical (unpaired) electrons. The topological polar surface area (TPSA) is 34.1 Å². The molecule has 0 atom stereocenters. The van der Waals surface area contributed by atoms with Crippen molar-refractivity contribution in [2.75, 3.05) is 0 Å². The van der Waals surface area contributed by atoms with Crippen molar-refractivity contribution in [2.45, 2.75) is 6.92 Å². The molecule has 0 aliphatic carbocycles. The zero-order valence-corrected chi connectivity index (χ0v) is 8.65. The molecule has 13 heavy (non-hydrogen) atoms. The van der Waals surface area contributed by atoms with Crippen LogP contribution in [-0.4, -0.2) is 11.6 Å². The van der Waals surface area contributed by atoms with Crippen molar-refractivity contribution in [3.05, 3.63) is 42.3 Å².